The Morgan fingerprint density at radius 2 is 2.39 bits per heavy atom. The maximum Gasteiger partial charge on any atom is 0.126 e. The van der Waals surface area contributed by atoms with Crippen LogP contribution in [-0.4, -0.2) is 42.7 Å². The molecule has 1 aromatic rings. The van der Waals surface area contributed by atoms with Gasteiger partial charge in [-0.25, -0.2) is 4.98 Å². The lowest BCUT2D eigenvalue weighted by Crippen LogP contribution is -2.41. The highest BCUT2D eigenvalue weighted by Gasteiger charge is 2.20. The molecule has 100 valence electrons. The number of halogens is 1. The zero-order valence-corrected chi connectivity index (χ0v) is 11.7. The number of hydrogen-bond acceptors (Lipinski definition) is 4. The van der Waals surface area contributed by atoms with Crippen molar-refractivity contribution in [3.05, 3.63) is 22.8 Å². The molecule has 0 amide bonds. The van der Waals surface area contributed by atoms with E-state index in [0.717, 1.165) is 49.2 Å². The molecule has 1 fully saturated rings. The number of morpholine rings is 1. The van der Waals surface area contributed by atoms with E-state index in [9.17, 15) is 0 Å². The molecule has 1 N–H and O–H groups in total. The zero-order chi connectivity index (χ0) is 13.0. The van der Waals surface area contributed by atoms with Crippen LogP contribution in [0.1, 0.15) is 19.0 Å². The predicted octanol–water partition coefficient (Wildman–Crippen LogP) is 2.39. The summed E-state index contributed by atoms with van der Waals surface area (Å²) in [6.07, 6.45) is 1.39. The minimum Gasteiger partial charge on any atom is -0.376 e. The van der Waals surface area contributed by atoms with Crippen molar-refractivity contribution in [3.8, 4) is 0 Å². The molecule has 0 spiro atoms. The number of nitrogens with zero attached hydrogens (tertiary/aromatic N) is 2. The van der Waals surface area contributed by atoms with Crippen LogP contribution in [0.25, 0.3) is 0 Å². The molecule has 2 heterocycles. The van der Waals surface area contributed by atoms with Crippen molar-refractivity contribution >= 4 is 17.4 Å². The molecule has 18 heavy (non-hydrogen) atoms. The van der Waals surface area contributed by atoms with Crippen molar-refractivity contribution in [1.29, 1.82) is 0 Å². The molecular formula is C13H20ClN3O. The van der Waals surface area contributed by atoms with Gasteiger partial charge in [0.25, 0.3) is 0 Å². The van der Waals surface area contributed by atoms with Gasteiger partial charge in [0.15, 0.2) is 0 Å². The number of ether oxygens (including phenoxy) is 1. The van der Waals surface area contributed by atoms with Gasteiger partial charge in [-0.2, -0.15) is 0 Å². The van der Waals surface area contributed by atoms with E-state index in [1.807, 2.05) is 19.2 Å². The largest absolute Gasteiger partial charge is 0.376 e. The number of rotatable bonds is 4. The van der Waals surface area contributed by atoms with E-state index in [0.29, 0.717) is 6.10 Å². The van der Waals surface area contributed by atoms with Gasteiger partial charge in [0.1, 0.15) is 5.82 Å². The Morgan fingerprint density at radius 1 is 1.56 bits per heavy atom. The first-order chi connectivity index (χ1) is 8.72. The summed E-state index contributed by atoms with van der Waals surface area (Å²) in [6.45, 7) is 5.63. The number of aromatic nitrogens is 1. The van der Waals surface area contributed by atoms with Crippen LogP contribution in [0.2, 0.25) is 5.02 Å². The molecule has 0 radical (unpaired) electrons. The predicted molar refractivity (Wildman–Crippen MR) is 74.1 cm³/mol. The first kappa shape index (κ1) is 13.6. The summed E-state index contributed by atoms with van der Waals surface area (Å²) in [6, 6.07) is 3.79. The van der Waals surface area contributed by atoms with Crippen LogP contribution in [0.5, 0.6) is 0 Å². The zero-order valence-electron chi connectivity index (χ0n) is 10.9. The third-order valence-corrected chi connectivity index (χ3v) is 3.57. The van der Waals surface area contributed by atoms with Gasteiger partial charge in [0, 0.05) is 26.7 Å². The standard InChI is InChI=1S/C13H20ClN3O/c1-3-10-8-17(6-7-18-10)9-12-11(14)4-5-13(15-2)16-12/h4-5,10H,3,6-9H2,1-2H3,(H,15,16). The summed E-state index contributed by atoms with van der Waals surface area (Å²) in [7, 11) is 1.86. The van der Waals surface area contributed by atoms with Crippen LogP contribution in [0, 0.1) is 0 Å². The van der Waals surface area contributed by atoms with E-state index in [2.05, 4.69) is 22.1 Å². The molecule has 1 saturated heterocycles. The second-order valence-corrected chi connectivity index (χ2v) is 4.92. The second-order valence-electron chi connectivity index (χ2n) is 4.51. The highest BCUT2D eigenvalue weighted by molar-refractivity contribution is 6.31. The van der Waals surface area contributed by atoms with Crippen LogP contribution >= 0.6 is 11.6 Å². The minimum absolute atomic E-state index is 0.338. The van der Waals surface area contributed by atoms with E-state index in [4.69, 9.17) is 16.3 Å². The smallest absolute Gasteiger partial charge is 0.126 e. The van der Waals surface area contributed by atoms with Crippen LogP contribution in [-0.2, 0) is 11.3 Å². The quantitative estimate of drug-likeness (QED) is 0.911. The van der Waals surface area contributed by atoms with E-state index in [-0.39, 0.29) is 0 Å². The third kappa shape index (κ3) is 3.34. The lowest BCUT2D eigenvalue weighted by molar-refractivity contribution is -0.0328. The molecule has 1 aliphatic heterocycles. The molecule has 1 aliphatic rings. The van der Waals surface area contributed by atoms with E-state index in [1.165, 1.54) is 0 Å². The van der Waals surface area contributed by atoms with Crippen LogP contribution < -0.4 is 5.32 Å². The molecule has 4 nitrogen and oxygen atoms in total. The third-order valence-electron chi connectivity index (χ3n) is 3.23. The highest BCUT2D eigenvalue weighted by atomic mass is 35.5. The lowest BCUT2D eigenvalue weighted by Gasteiger charge is -2.32. The Bertz CT molecular complexity index is 400. The highest BCUT2D eigenvalue weighted by Crippen LogP contribution is 2.19. The molecule has 1 unspecified atom stereocenters. The first-order valence-corrected chi connectivity index (χ1v) is 6.78. The van der Waals surface area contributed by atoms with Crippen molar-refractivity contribution in [3.63, 3.8) is 0 Å². The van der Waals surface area contributed by atoms with Gasteiger partial charge in [-0.1, -0.05) is 18.5 Å². The Kier molecular flexibility index (Phi) is 4.80. The van der Waals surface area contributed by atoms with Crippen LogP contribution in [0.4, 0.5) is 5.82 Å². The number of anilines is 1. The van der Waals surface area contributed by atoms with Gasteiger partial charge in [0.05, 0.1) is 23.4 Å². The number of pyridine rings is 1. The van der Waals surface area contributed by atoms with E-state index < -0.39 is 0 Å². The van der Waals surface area contributed by atoms with Gasteiger partial charge >= 0.3 is 0 Å². The normalized spacial score (nSPS) is 20.9. The van der Waals surface area contributed by atoms with Gasteiger partial charge < -0.3 is 10.1 Å². The Morgan fingerprint density at radius 3 is 3.11 bits per heavy atom. The van der Waals surface area contributed by atoms with Crippen molar-refractivity contribution in [2.75, 3.05) is 32.1 Å². The fourth-order valence-corrected chi connectivity index (χ4v) is 2.28. The second kappa shape index (κ2) is 6.36. The summed E-state index contributed by atoms with van der Waals surface area (Å²) in [4.78, 5) is 6.86. The molecule has 1 aromatic heterocycles. The van der Waals surface area contributed by atoms with Gasteiger partial charge in [-0.3, -0.25) is 4.90 Å². The summed E-state index contributed by atoms with van der Waals surface area (Å²) in [5, 5.41) is 3.77. The van der Waals surface area contributed by atoms with Gasteiger partial charge in [-0.05, 0) is 18.6 Å². The summed E-state index contributed by atoms with van der Waals surface area (Å²) >= 11 is 6.19. The average Bonchev–Trinajstić information content (AvgIpc) is 2.41. The van der Waals surface area contributed by atoms with Crippen LogP contribution in [0.15, 0.2) is 12.1 Å². The summed E-state index contributed by atoms with van der Waals surface area (Å²) in [5.74, 6) is 0.856. The van der Waals surface area contributed by atoms with Crippen molar-refractivity contribution in [1.82, 2.24) is 9.88 Å². The molecule has 0 aromatic carbocycles. The van der Waals surface area contributed by atoms with E-state index in [1.54, 1.807) is 0 Å². The molecular weight excluding hydrogens is 250 g/mol. The van der Waals surface area contributed by atoms with Crippen molar-refractivity contribution in [2.24, 2.45) is 0 Å². The molecule has 0 bridgehead atoms. The number of hydrogen-bond donors (Lipinski definition) is 1. The SMILES string of the molecule is CCC1CN(Cc2nc(NC)ccc2Cl)CCO1. The van der Waals surface area contributed by atoms with E-state index >= 15 is 0 Å². The number of nitrogens with one attached hydrogen (secondary N) is 1. The Labute approximate surface area is 113 Å². The van der Waals surface area contributed by atoms with Gasteiger partial charge in [-0.15, -0.1) is 0 Å². The van der Waals surface area contributed by atoms with Gasteiger partial charge in [0.2, 0.25) is 0 Å². The molecule has 5 heteroatoms. The molecule has 1 atom stereocenters. The topological polar surface area (TPSA) is 37.4 Å². The molecule has 2 rings (SSSR count). The lowest BCUT2D eigenvalue weighted by atomic mass is 10.2. The van der Waals surface area contributed by atoms with Crippen LogP contribution in [0.3, 0.4) is 0 Å². The molecule has 0 saturated carbocycles. The maximum atomic E-state index is 6.19. The molecule has 0 aliphatic carbocycles. The summed E-state index contributed by atoms with van der Waals surface area (Å²) < 4.78 is 5.66. The fraction of sp³-hybridized carbons (Fsp3) is 0.615. The summed E-state index contributed by atoms with van der Waals surface area (Å²) in [5.41, 5.74) is 0.931. The average molecular weight is 270 g/mol. The Hall–Kier alpha value is -0.840. The first-order valence-electron chi connectivity index (χ1n) is 6.40. The minimum atomic E-state index is 0.338. The maximum absolute atomic E-state index is 6.19. The monoisotopic (exact) mass is 269 g/mol. The van der Waals surface area contributed by atoms with Crippen molar-refractivity contribution < 1.29 is 4.74 Å². The Balaban J connectivity index is 2.04. The van der Waals surface area contributed by atoms with Crippen molar-refractivity contribution in [2.45, 2.75) is 26.0 Å². The fourth-order valence-electron chi connectivity index (χ4n) is 2.12.